The lowest BCUT2D eigenvalue weighted by molar-refractivity contribution is -0.149. The van der Waals surface area contributed by atoms with Crippen molar-refractivity contribution in [1.82, 2.24) is 19.6 Å². The van der Waals surface area contributed by atoms with Crippen LogP contribution in [0.15, 0.2) is 12.4 Å². The predicted octanol–water partition coefficient (Wildman–Crippen LogP) is 1.12. The van der Waals surface area contributed by atoms with Crippen LogP contribution in [0, 0.1) is 12.3 Å². The van der Waals surface area contributed by atoms with Crippen molar-refractivity contribution < 1.29 is 9.90 Å². The summed E-state index contributed by atoms with van der Waals surface area (Å²) >= 11 is 0. The summed E-state index contributed by atoms with van der Waals surface area (Å²) in [5, 5.41) is 17.5. The molecule has 0 radical (unpaired) electrons. The van der Waals surface area contributed by atoms with E-state index < -0.39 is 11.4 Å². The van der Waals surface area contributed by atoms with E-state index in [1.54, 1.807) is 6.20 Å². The van der Waals surface area contributed by atoms with Crippen LogP contribution in [0.25, 0.3) is 5.65 Å². The van der Waals surface area contributed by atoms with Crippen molar-refractivity contribution in [2.75, 3.05) is 18.0 Å². The topological polar surface area (TPSA) is 83.6 Å². The van der Waals surface area contributed by atoms with Crippen molar-refractivity contribution >= 4 is 17.4 Å². The summed E-state index contributed by atoms with van der Waals surface area (Å²) in [5.74, 6) is 0.873. The van der Waals surface area contributed by atoms with Crippen molar-refractivity contribution in [1.29, 1.82) is 0 Å². The molecule has 1 aliphatic rings. The highest BCUT2D eigenvalue weighted by molar-refractivity contribution is 5.75. The van der Waals surface area contributed by atoms with Crippen LogP contribution < -0.4 is 4.90 Å². The third-order valence-electron chi connectivity index (χ3n) is 4.16. The number of hydrogen-bond acceptors (Lipinski definition) is 5. The first-order valence-corrected chi connectivity index (χ1v) is 6.66. The number of aliphatic carboxylic acids is 1. The van der Waals surface area contributed by atoms with Gasteiger partial charge in [0.05, 0.1) is 5.41 Å². The number of hydrogen-bond donors (Lipinski definition) is 1. The zero-order chi connectivity index (χ0) is 14.3. The van der Waals surface area contributed by atoms with Gasteiger partial charge in [0, 0.05) is 25.5 Å². The molecule has 2 aromatic heterocycles. The van der Waals surface area contributed by atoms with E-state index in [1.807, 2.05) is 24.4 Å². The van der Waals surface area contributed by atoms with E-state index in [9.17, 15) is 9.90 Å². The van der Waals surface area contributed by atoms with E-state index in [2.05, 4.69) is 20.1 Å². The molecule has 0 amide bonds. The van der Waals surface area contributed by atoms with Crippen LogP contribution in [-0.2, 0) is 4.79 Å². The highest BCUT2D eigenvalue weighted by Crippen LogP contribution is 2.33. The third kappa shape index (κ3) is 1.90. The summed E-state index contributed by atoms with van der Waals surface area (Å²) in [6, 6.07) is 0. The quantitative estimate of drug-likeness (QED) is 0.884. The van der Waals surface area contributed by atoms with Gasteiger partial charge in [0.2, 0.25) is 5.65 Å². The largest absolute Gasteiger partial charge is 0.481 e. The number of aryl methyl sites for hydroxylation is 1. The number of carboxylic acids is 1. The fourth-order valence-corrected chi connectivity index (χ4v) is 2.58. The number of anilines is 1. The maximum atomic E-state index is 11.3. The second-order valence-electron chi connectivity index (χ2n) is 5.54. The predicted molar refractivity (Wildman–Crippen MR) is 72.7 cm³/mol. The van der Waals surface area contributed by atoms with Crippen LogP contribution >= 0.6 is 0 Å². The Kier molecular flexibility index (Phi) is 2.84. The fourth-order valence-electron chi connectivity index (χ4n) is 2.58. The average Bonchev–Trinajstić information content (AvgIpc) is 2.82. The molecule has 1 aliphatic heterocycles. The van der Waals surface area contributed by atoms with Gasteiger partial charge in [-0.3, -0.25) is 9.20 Å². The number of fused-ring (bicyclic) bond motifs is 1. The third-order valence-corrected chi connectivity index (χ3v) is 4.16. The van der Waals surface area contributed by atoms with E-state index in [0.29, 0.717) is 25.9 Å². The standard InChI is InChI=1S/C13H17N5O2/c1-9-15-16-11-10(14-5-8-18(9)11)17-6-3-13(2,4-7-17)12(19)20/h5,8H,3-4,6-7H2,1-2H3,(H,19,20). The Balaban J connectivity index is 1.89. The average molecular weight is 275 g/mol. The van der Waals surface area contributed by atoms with Crippen LogP contribution in [0.3, 0.4) is 0 Å². The van der Waals surface area contributed by atoms with Crippen molar-refractivity contribution in [3.63, 3.8) is 0 Å². The zero-order valence-electron chi connectivity index (χ0n) is 11.6. The van der Waals surface area contributed by atoms with E-state index in [4.69, 9.17) is 0 Å². The summed E-state index contributed by atoms with van der Waals surface area (Å²) in [7, 11) is 0. The SMILES string of the molecule is Cc1nnc2c(N3CCC(C)(C(=O)O)CC3)nccn12. The van der Waals surface area contributed by atoms with Gasteiger partial charge >= 0.3 is 5.97 Å². The first-order valence-electron chi connectivity index (χ1n) is 6.66. The molecule has 7 heteroatoms. The molecular formula is C13H17N5O2. The summed E-state index contributed by atoms with van der Waals surface area (Å²) in [6.45, 7) is 5.03. The maximum absolute atomic E-state index is 11.3. The Morgan fingerprint density at radius 1 is 1.35 bits per heavy atom. The van der Waals surface area contributed by atoms with Crippen molar-refractivity contribution in [3.05, 3.63) is 18.2 Å². The lowest BCUT2D eigenvalue weighted by Crippen LogP contribution is -2.43. The summed E-state index contributed by atoms with van der Waals surface area (Å²) in [6.07, 6.45) is 4.78. The molecule has 0 bridgehead atoms. The molecule has 0 unspecified atom stereocenters. The van der Waals surface area contributed by atoms with E-state index in [0.717, 1.165) is 17.3 Å². The minimum atomic E-state index is -0.721. The summed E-state index contributed by atoms with van der Waals surface area (Å²) in [5.41, 5.74) is 0.0921. The minimum Gasteiger partial charge on any atom is -0.481 e. The Bertz CT molecular complexity index is 658. The van der Waals surface area contributed by atoms with Gasteiger partial charge < -0.3 is 10.0 Å². The summed E-state index contributed by atoms with van der Waals surface area (Å²) in [4.78, 5) is 17.8. The Labute approximate surface area is 116 Å². The number of rotatable bonds is 2. The van der Waals surface area contributed by atoms with Gasteiger partial charge in [-0.1, -0.05) is 0 Å². The van der Waals surface area contributed by atoms with Gasteiger partial charge in [-0.05, 0) is 26.7 Å². The Morgan fingerprint density at radius 3 is 2.70 bits per heavy atom. The zero-order valence-corrected chi connectivity index (χ0v) is 11.6. The van der Waals surface area contributed by atoms with E-state index in [-0.39, 0.29) is 0 Å². The number of carbonyl (C=O) groups is 1. The monoisotopic (exact) mass is 275 g/mol. The lowest BCUT2D eigenvalue weighted by atomic mass is 9.80. The van der Waals surface area contributed by atoms with Gasteiger partial charge in [-0.15, -0.1) is 10.2 Å². The molecule has 1 saturated heterocycles. The molecule has 2 aromatic rings. The highest BCUT2D eigenvalue weighted by atomic mass is 16.4. The normalized spacial score (nSPS) is 18.4. The Morgan fingerprint density at radius 2 is 2.05 bits per heavy atom. The first kappa shape index (κ1) is 12.8. The smallest absolute Gasteiger partial charge is 0.309 e. The molecule has 0 atom stereocenters. The maximum Gasteiger partial charge on any atom is 0.309 e. The fraction of sp³-hybridized carbons (Fsp3) is 0.538. The molecule has 106 valence electrons. The molecule has 0 aliphatic carbocycles. The van der Waals surface area contributed by atoms with Crippen LogP contribution in [0.2, 0.25) is 0 Å². The van der Waals surface area contributed by atoms with Crippen LogP contribution in [-0.4, -0.2) is 43.7 Å². The highest BCUT2D eigenvalue weighted by Gasteiger charge is 2.37. The number of nitrogens with zero attached hydrogens (tertiary/aromatic N) is 5. The molecule has 3 heterocycles. The second kappa shape index (κ2) is 4.43. The number of carboxylic acid groups (broad SMARTS) is 1. The van der Waals surface area contributed by atoms with Crippen molar-refractivity contribution in [2.45, 2.75) is 26.7 Å². The molecule has 20 heavy (non-hydrogen) atoms. The lowest BCUT2D eigenvalue weighted by Gasteiger charge is -2.36. The van der Waals surface area contributed by atoms with Gasteiger partial charge in [-0.25, -0.2) is 4.98 Å². The van der Waals surface area contributed by atoms with Crippen molar-refractivity contribution in [2.24, 2.45) is 5.41 Å². The van der Waals surface area contributed by atoms with Crippen molar-refractivity contribution in [3.8, 4) is 0 Å². The Hall–Kier alpha value is -2.18. The van der Waals surface area contributed by atoms with Gasteiger partial charge in [0.15, 0.2) is 5.82 Å². The minimum absolute atomic E-state index is 0.609. The molecule has 7 nitrogen and oxygen atoms in total. The molecular weight excluding hydrogens is 258 g/mol. The van der Waals surface area contributed by atoms with Gasteiger partial charge in [0.25, 0.3) is 0 Å². The van der Waals surface area contributed by atoms with Gasteiger partial charge in [0.1, 0.15) is 5.82 Å². The van der Waals surface area contributed by atoms with E-state index in [1.165, 1.54) is 0 Å². The molecule has 0 spiro atoms. The molecule has 3 rings (SSSR count). The van der Waals surface area contributed by atoms with Crippen LogP contribution in [0.5, 0.6) is 0 Å². The second-order valence-corrected chi connectivity index (χ2v) is 5.54. The van der Waals surface area contributed by atoms with Crippen LogP contribution in [0.1, 0.15) is 25.6 Å². The molecule has 0 saturated carbocycles. The van der Waals surface area contributed by atoms with Gasteiger partial charge in [-0.2, -0.15) is 0 Å². The van der Waals surface area contributed by atoms with E-state index >= 15 is 0 Å². The number of aromatic nitrogens is 4. The van der Waals surface area contributed by atoms with Crippen LogP contribution in [0.4, 0.5) is 5.82 Å². The first-order chi connectivity index (χ1) is 9.51. The molecule has 1 N–H and O–H groups in total. The summed E-state index contributed by atoms with van der Waals surface area (Å²) < 4.78 is 1.90. The molecule has 1 fully saturated rings. The number of piperidine rings is 1. The molecule has 0 aromatic carbocycles.